The molecule has 2 heteroatoms. The molecule has 1 N–H and O–H groups in total. The zero-order valence-electron chi connectivity index (χ0n) is 7.13. The average molecular weight is 164 g/mol. The molecule has 0 saturated carbocycles. The molecular formula is C10H12O2. The fourth-order valence-corrected chi connectivity index (χ4v) is 1.63. The quantitative estimate of drug-likeness (QED) is 0.681. The Hall–Kier alpha value is -0.860. The highest BCUT2D eigenvalue weighted by Gasteiger charge is 2.14. The molecule has 1 aliphatic heterocycles. The molecular weight excluding hydrogens is 152 g/mol. The number of hydrogen-bond acceptors (Lipinski definition) is 2. The molecule has 0 amide bonds. The molecule has 2 rings (SSSR count). The first-order chi connectivity index (χ1) is 5.83. The van der Waals surface area contributed by atoms with Crippen LogP contribution in [0, 0.1) is 6.92 Å². The van der Waals surface area contributed by atoms with Gasteiger partial charge in [-0.15, -0.1) is 0 Å². The van der Waals surface area contributed by atoms with E-state index in [9.17, 15) is 0 Å². The summed E-state index contributed by atoms with van der Waals surface area (Å²) in [6.45, 7) is 3.59. The van der Waals surface area contributed by atoms with E-state index in [4.69, 9.17) is 9.84 Å². The topological polar surface area (TPSA) is 29.5 Å². The van der Waals surface area contributed by atoms with Crippen LogP contribution in [0.15, 0.2) is 12.1 Å². The van der Waals surface area contributed by atoms with Gasteiger partial charge in [0.1, 0.15) is 0 Å². The number of rotatable bonds is 1. The predicted octanol–water partition coefficient (Wildman–Crippen LogP) is 1.52. The van der Waals surface area contributed by atoms with Crippen molar-refractivity contribution in [1.29, 1.82) is 0 Å². The van der Waals surface area contributed by atoms with E-state index in [2.05, 4.69) is 0 Å². The summed E-state index contributed by atoms with van der Waals surface area (Å²) in [5.74, 6) is 0. The minimum atomic E-state index is 0.124. The van der Waals surface area contributed by atoms with E-state index in [0.29, 0.717) is 6.61 Å². The Balaban J connectivity index is 2.54. The van der Waals surface area contributed by atoms with E-state index in [-0.39, 0.29) is 6.61 Å². The molecule has 0 atom stereocenters. The Morgan fingerprint density at radius 1 is 1.42 bits per heavy atom. The summed E-state index contributed by atoms with van der Waals surface area (Å²) in [7, 11) is 0. The first kappa shape index (κ1) is 7.77. The molecule has 0 unspecified atom stereocenters. The van der Waals surface area contributed by atoms with Gasteiger partial charge in [-0.25, -0.2) is 0 Å². The summed E-state index contributed by atoms with van der Waals surface area (Å²) in [6.07, 6.45) is 0. The van der Waals surface area contributed by atoms with Crippen LogP contribution < -0.4 is 0 Å². The van der Waals surface area contributed by atoms with Crippen LogP contribution >= 0.6 is 0 Å². The van der Waals surface area contributed by atoms with Crippen LogP contribution in [0.2, 0.25) is 0 Å². The van der Waals surface area contributed by atoms with Crippen molar-refractivity contribution in [2.45, 2.75) is 26.7 Å². The molecule has 0 saturated heterocycles. The van der Waals surface area contributed by atoms with Gasteiger partial charge in [-0.3, -0.25) is 0 Å². The molecule has 12 heavy (non-hydrogen) atoms. The summed E-state index contributed by atoms with van der Waals surface area (Å²) in [5, 5.41) is 9.01. The fourth-order valence-electron chi connectivity index (χ4n) is 1.63. The van der Waals surface area contributed by atoms with Gasteiger partial charge in [-0.2, -0.15) is 0 Å². The molecule has 1 heterocycles. The Labute approximate surface area is 71.8 Å². The second-order valence-corrected chi connectivity index (χ2v) is 3.14. The van der Waals surface area contributed by atoms with Crippen molar-refractivity contribution in [3.8, 4) is 0 Å². The third kappa shape index (κ3) is 1.04. The maximum Gasteiger partial charge on any atom is 0.0727 e. The minimum Gasteiger partial charge on any atom is -0.392 e. The molecule has 0 aliphatic carbocycles. The summed E-state index contributed by atoms with van der Waals surface area (Å²) in [4.78, 5) is 0. The molecule has 0 fully saturated rings. The SMILES string of the molecule is Cc1c(CO)ccc2c1COC2. The lowest BCUT2D eigenvalue weighted by Gasteiger charge is -2.06. The van der Waals surface area contributed by atoms with Crippen molar-refractivity contribution in [2.24, 2.45) is 0 Å². The number of aliphatic hydroxyl groups is 1. The summed E-state index contributed by atoms with van der Waals surface area (Å²) >= 11 is 0. The molecule has 64 valence electrons. The zero-order chi connectivity index (χ0) is 8.55. The van der Waals surface area contributed by atoms with Gasteiger partial charge in [0.05, 0.1) is 19.8 Å². The summed E-state index contributed by atoms with van der Waals surface area (Å²) in [5.41, 5.74) is 4.73. The van der Waals surface area contributed by atoms with Crippen LogP contribution in [0.3, 0.4) is 0 Å². The number of hydrogen-bond donors (Lipinski definition) is 1. The van der Waals surface area contributed by atoms with E-state index in [1.54, 1.807) is 0 Å². The van der Waals surface area contributed by atoms with Crippen LogP contribution in [0.4, 0.5) is 0 Å². The lowest BCUT2D eigenvalue weighted by molar-refractivity contribution is 0.134. The number of aliphatic hydroxyl groups excluding tert-OH is 1. The standard InChI is InChI=1S/C10H12O2/c1-7-8(4-11)2-3-9-5-12-6-10(7)9/h2-3,11H,4-6H2,1H3. The van der Waals surface area contributed by atoms with Crippen LogP contribution in [0.25, 0.3) is 0 Å². The molecule has 0 bridgehead atoms. The summed E-state index contributed by atoms with van der Waals surface area (Å²) < 4.78 is 5.31. The Morgan fingerprint density at radius 3 is 3.00 bits per heavy atom. The average Bonchev–Trinajstić information content (AvgIpc) is 2.53. The van der Waals surface area contributed by atoms with Crippen molar-refractivity contribution in [3.63, 3.8) is 0 Å². The van der Waals surface area contributed by atoms with Crippen LogP contribution in [-0.2, 0) is 24.6 Å². The maximum atomic E-state index is 9.01. The molecule has 1 aromatic carbocycles. The number of fused-ring (bicyclic) bond motifs is 1. The van der Waals surface area contributed by atoms with Gasteiger partial charge in [0, 0.05) is 0 Å². The van der Waals surface area contributed by atoms with Gasteiger partial charge in [0.2, 0.25) is 0 Å². The second-order valence-electron chi connectivity index (χ2n) is 3.14. The van der Waals surface area contributed by atoms with Crippen molar-refractivity contribution in [2.75, 3.05) is 0 Å². The number of benzene rings is 1. The highest BCUT2D eigenvalue weighted by atomic mass is 16.5. The molecule has 0 radical (unpaired) electrons. The van der Waals surface area contributed by atoms with Crippen molar-refractivity contribution in [3.05, 3.63) is 34.4 Å². The van der Waals surface area contributed by atoms with Gasteiger partial charge in [0.15, 0.2) is 0 Å². The highest BCUT2D eigenvalue weighted by molar-refractivity contribution is 5.40. The number of ether oxygens (including phenoxy) is 1. The third-order valence-corrected chi connectivity index (χ3v) is 2.48. The summed E-state index contributed by atoms with van der Waals surface area (Å²) in [6, 6.07) is 4.02. The van der Waals surface area contributed by atoms with Crippen LogP contribution in [-0.4, -0.2) is 5.11 Å². The highest BCUT2D eigenvalue weighted by Crippen LogP contribution is 2.25. The molecule has 0 aromatic heterocycles. The molecule has 2 nitrogen and oxygen atoms in total. The van der Waals surface area contributed by atoms with E-state index < -0.39 is 0 Å². The van der Waals surface area contributed by atoms with Crippen LogP contribution in [0.1, 0.15) is 22.3 Å². The third-order valence-electron chi connectivity index (χ3n) is 2.48. The monoisotopic (exact) mass is 164 g/mol. The molecule has 1 aliphatic rings. The normalized spacial score (nSPS) is 14.8. The molecule has 0 spiro atoms. The minimum absolute atomic E-state index is 0.124. The van der Waals surface area contributed by atoms with Crippen molar-refractivity contribution >= 4 is 0 Å². The van der Waals surface area contributed by atoms with Gasteiger partial charge in [-0.05, 0) is 29.2 Å². The van der Waals surface area contributed by atoms with Crippen molar-refractivity contribution in [1.82, 2.24) is 0 Å². The van der Waals surface area contributed by atoms with Gasteiger partial charge in [0.25, 0.3) is 0 Å². The van der Waals surface area contributed by atoms with E-state index in [1.165, 1.54) is 16.7 Å². The van der Waals surface area contributed by atoms with Gasteiger partial charge in [-0.1, -0.05) is 12.1 Å². The van der Waals surface area contributed by atoms with E-state index in [0.717, 1.165) is 12.2 Å². The maximum absolute atomic E-state index is 9.01. The smallest absolute Gasteiger partial charge is 0.0727 e. The largest absolute Gasteiger partial charge is 0.392 e. The van der Waals surface area contributed by atoms with Crippen molar-refractivity contribution < 1.29 is 9.84 Å². The van der Waals surface area contributed by atoms with E-state index >= 15 is 0 Å². The van der Waals surface area contributed by atoms with Crippen LogP contribution in [0.5, 0.6) is 0 Å². The second kappa shape index (κ2) is 2.88. The fraction of sp³-hybridized carbons (Fsp3) is 0.400. The van der Waals surface area contributed by atoms with Gasteiger partial charge < -0.3 is 9.84 Å². The lowest BCUT2D eigenvalue weighted by Crippen LogP contribution is -1.94. The zero-order valence-corrected chi connectivity index (χ0v) is 7.13. The first-order valence-electron chi connectivity index (χ1n) is 4.11. The molecule has 1 aromatic rings. The lowest BCUT2D eigenvalue weighted by atomic mass is 9.99. The van der Waals surface area contributed by atoms with E-state index in [1.807, 2.05) is 19.1 Å². The Kier molecular flexibility index (Phi) is 1.87. The predicted molar refractivity (Wildman–Crippen MR) is 45.6 cm³/mol. The van der Waals surface area contributed by atoms with Gasteiger partial charge >= 0.3 is 0 Å². The first-order valence-corrected chi connectivity index (χ1v) is 4.11. The Bertz CT molecular complexity index is 305. The Morgan fingerprint density at radius 2 is 2.25 bits per heavy atom.